The van der Waals surface area contributed by atoms with Crippen LogP contribution in [0, 0.1) is 0 Å². The molecule has 21 heavy (non-hydrogen) atoms. The third-order valence-corrected chi connectivity index (χ3v) is 3.41. The van der Waals surface area contributed by atoms with E-state index in [2.05, 4.69) is 21.7 Å². The normalized spacial score (nSPS) is 17.5. The van der Waals surface area contributed by atoms with Gasteiger partial charge in [0.25, 0.3) is 0 Å². The van der Waals surface area contributed by atoms with Crippen LogP contribution < -0.4 is 20.1 Å². The van der Waals surface area contributed by atoms with E-state index in [0.29, 0.717) is 6.04 Å². The van der Waals surface area contributed by atoms with Gasteiger partial charge in [0.15, 0.2) is 17.5 Å². The number of halogens is 1. The van der Waals surface area contributed by atoms with E-state index in [9.17, 15) is 0 Å². The van der Waals surface area contributed by atoms with Gasteiger partial charge in [0.2, 0.25) is 0 Å². The summed E-state index contributed by atoms with van der Waals surface area (Å²) in [7, 11) is 1.80. The van der Waals surface area contributed by atoms with Crippen molar-refractivity contribution in [2.75, 3.05) is 20.3 Å². The van der Waals surface area contributed by atoms with Gasteiger partial charge < -0.3 is 20.1 Å². The molecule has 1 fully saturated rings. The number of rotatable bonds is 3. The molecular weight excluding hydrogens is 381 g/mol. The number of guanidine groups is 1. The van der Waals surface area contributed by atoms with Crippen LogP contribution in [0.2, 0.25) is 0 Å². The Hall–Kier alpha value is -1.18. The van der Waals surface area contributed by atoms with Gasteiger partial charge in [-0.1, -0.05) is 6.07 Å². The fourth-order valence-electron chi connectivity index (χ4n) is 2.12. The van der Waals surface area contributed by atoms with Crippen molar-refractivity contribution in [3.63, 3.8) is 0 Å². The molecule has 5 nitrogen and oxygen atoms in total. The molecule has 0 saturated heterocycles. The molecule has 116 valence electrons. The van der Waals surface area contributed by atoms with Crippen molar-refractivity contribution in [1.82, 2.24) is 10.6 Å². The van der Waals surface area contributed by atoms with Crippen LogP contribution in [-0.4, -0.2) is 32.3 Å². The highest BCUT2D eigenvalue weighted by atomic mass is 127. The fraction of sp³-hybridized carbons (Fsp3) is 0.533. The summed E-state index contributed by atoms with van der Waals surface area (Å²) >= 11 is 0. The standard InChI is InChI=1S/C15H21N3O2.HI/c1-16-15(18-12-4-5-12)17-10-11-3-6-13-14(9-11)20-8-2-7-19-13;/h3,6,9,12H,2,4-5,7-8,10H2,1H3,(H2,16,17,18);1H. The first-order valence-corrected chi connectivity index (χ1v) is 7.21. The fourth-order valence-corrected chi connectivity index (χ4v) is 2.12. The van der Waals surface area contributed by atoms with E-state index in [1.807, 2.05) is 12.1 Å². The molecule has 0 amide bonds. The van der Waals surface area contributed by atoms with Gasteiger partial charge in [-0.2, -0.15) is 0 Å². The summed E-state index contributed by atoms with van der Waals surface area (Å²) in [4.78, 5) is 4.22. The quantitative estimate of drug-likeness (QED) is 0.462. The van der Waals surface area contributed by atoms with Gasteiger partial charge in [0.1, 0.15) is 0 Å². The molecule has 1 aromatic rings. The molecule has 0 radical (unpaired) electrons. The van der Waals surface area contributed by atoms with Crippen molar-refractivity contribution < 1.29 is 9.47 Å². The maximum atomic E-state index is 5.70. The van der Waals surface area contributed by atoms with E-state index in [1.54, 1.807) is 7.05 Å². The monoisotopic (exact) mass is 403 g/mol. The minimum atomic E-state index is 0. The number of hydrogen-bond acceptors (Lipinski definition) is 3. The molecule has 2 aliphatic rings. The second-order valence-corrected chi connectivity index (χ2v) is 5.18. The second kappa shape index (κ2) is 7.72. The molecule has 6 heteroatoms. The molecular formula is C15H22IN3O2. The van der Waals surface area contributed by atoms with Crippen LogP contribution in [0.25, 0.3) is 0 Å². The molecule has 1 aromatic carbocycles. The van der Waals surface area contributed by atoms with Gasteiger partial charge in [0, 0.05) is 26.1 Å². The summed E-state index contributed by atoms with van der Waals surface area (Å²) < 4.78 is 11.3. The van der Waals surface area contributed by atoms with Gasteiger partial charge in [-0.05, 0) is 30.5 Å². The highest BCUT2D eigenvalue weighted by Crippen LogP contribution is 2.30. The number of ether oxygens (including phenoxy) is 2. The molecule has 0 bridgehead atoms. The van der Waals surface area contributed by atoms with E-state index in [0.717, 1.165) is 49.2 Å². The largest absolute Gasteiger partial charge is 0.490 e. The van der Waals surface area contributed by atoms with Crippen molar-refractivity contribution in [2.45, 2.75) is 31.8 Å². The molecule has 1 aliphatic carbocycles. The Labute approximate surface area is 142 Å². The number of nitrogens with one attached hydrogen (secondary N) is 2. The lowest BCUT2D eigenvalue weighted by Crippen LogP contribution is -2.38. The minimum Gasteiger partial charge on any atom is -0.490 e. The molecule has 3 rings (SSSR count). The first-order chi connectivity index (χ1) is 9.85. The average molecular weight is 403 g/mol. The topological polar surface area (TPSA) is 54.9 Å². The lowest BCUT2D eigenvalue weighted by molar-refractivity contribution is 0.297. The maximum Gasteiger partial charge on any atom is 0.191 e. The summed E-state index contributed by atoms with van der Waals surface area (Å²) in [6.45, 7) is 2.17. The predicted molar refractivity (Wildman–Crippen MR) is 93.8 cm³/mol. The van der Waals surface area contributed by atoms with Crippen molar-refractivity contribution in [3.8, 4) is 11.5 Å². The van der Waals surface area contributed by atoms with E-state index in [4.69, 9.17) is 9.47 Å². The van der Waals surface area contributed by atoms with Gasteiger partial charge in [0.05, 0.1) is 13.2 Å². The molecule has 1 saturated carbocycles. The zero-order chi connectivity index (χ0) is 13.8. The Bertz CT molecular complexity index is 504. The van der Waals surface area contributed by atoms with E-state index >= 15 is 0 Å². The Morgan fingerprint density at radius 2 is 2.00 bits per heavy atom. The van der Waals surface area contributed by atoms with Gasteiger partial charge in [-0.25, -0.2) is 0 Å². The average Bonchev–Trinajstić information content (AvgIpc) is 3.29. The zero-order valence-corrected chi connectivity index (χ0v) is 14.6. The van der Waals surface area contributed by atoms with E-state index in [1.165, 1.54) is 12.8 Å². The summed E-state index contributed by atoms with van der Waals surface area (Å²) in [6, 6.07) is 6.68. The van der Waals surface area contributed by atoms with Crippen LogP contribution in [0.15, 0.2) is 23.2 Å². The van der Waals surface area contributed by atoms with E-state index in [-0.39, 0.29) is 24.0 Å². The van der Waals surface area contributed by atoms with Gasteiger partial charge in [-0.15, -0.1) is 24.0 Å². The number of fused-ring (bicyclic) bond motifs is 1. The molecule has 1 heterocycles. The molecule has 1 aliphatic heterocycles. The zero-order valence-electron chi connectivity index (χ0n) is 12.2. The summed E-state index contributed by atoms with van der Waals surface area (Å²) in [5.41, 5.74) is 1.16. The van der Waals surface area contributed by atoms with Crippen LogP contribution in [0.4, 0.5) is 0 Å². The first-order valence-electron chi connectivity index (χ1n) is 7.21. The number of hydrogen-bond donors (Lipinski definition) is 2. The van der Waals surface area contributed by atoms with Crippen molar-refractivity contribution in [3.05, 3.63) is 23.8 Å². The summed E-state index contributed by atoms with van der Waals surface area (Å²) in [6.07, 6.45) is 3.41. The summed E-state index contributed by atoms with van der Waals surface area (Å²) in [5, 5.41) is 6.69. The van der Waals surface area contributed by atoms with Crippen LogP contribution in [0.3, 0.4) is 0 Å². The third-order valence-electron chi connectivity index (χ3n) is 3.41. The van der Waals surface area contributed by atoms with Crippen molar-refractivity contribution in [2.24, 2.45) is 4.99 Å². The molecule has 0 unspecified atom stereocenters. The highest BCUT2D eigenvalue weighted by molar-refractivity contribution is 14.0. The van der Waals surface area contributed by atoms with Gasteiger partial charge in [-0.3, -0.25) is 4.99 Å². The number of benzene rings is 1. The second-order valence-electron chi connectivity index (χ2n) is 5.18. The van der Waals surface area contributed by atoms with Crippen LogP contribution in [0.1, 0.15) is 24.8 Å². The minimum absolute atomic E-state index is 0. The Balaban J connectivity index is 0.00000161. The van der Waals surface area contributed by atoms with E-state index < -0.39 is 0 Å². The highest BCUT2D eigenvalue weighted by Gasteiger charge is 2.22. The smallest absolute Gasteiger partial charge is 0.191 e. The number of nitrogens with zero attached hydrogens (tertiary/aromatic N) is 1. The maximum absolute atomic E-state index is 5.70. The Morgan fingerprint density at radius 1 is 1.24 bits per heavy atom. The van der Waals surface area contributed by atoms with Crippen molar-refractivity contribution >= 4 is 29.9 Å². The molecule has 0 atom stereocenters. The van der Waals surface area contributed by atoms with Crippen LogP contribution >= 0.6 is 24.0 Å². The summed E-state index contributed by atoms with van der Waals surface area (Å²) in [5.74, 6) is 2.54. The predicted octanol–water partition coefficient (Wildman–Crippen LogP) is 2.29. The van der Waals surface area contributed by atoms with Crippen LogP contribution in [-0.2, 0) is 6.54 Å². The Kier molecular flexibility index (Phi) is 5.96. The van der Waals surface area contributed by atoms with Crippen LogP contribution in [0.5, 0.6) is 11.5 Å². The van der Waals surface area contributed by atoms with Crippen molar-refractivity contribution in [1.29, 1.82) is 0 Å². The molecule has 0 spiro atoms. The Morgan fingerprint density at radius 3 is 2.71 bits per heavy atom. The first kappa shape index (κ1) is 16.2. The molecule has 0 aromatic heterocycles. The lowest BCUT2D eigenvalue weighted by Gasteiger charge is -2.13. The number of aliphatic imine (C=N–C) groups is 1. The molecule has 2 N–H and O–H groups in total. The third kappa shape index (κ3) is 4.66. The lowest BCUT2D eigenvalue weighted by atomic mass is 10.2. The van der Waals surface area contributed by atoms with Gasteiger partial charge >= 0.3 is 0 Å². The SMILES string of the molecule is CN=C(NCc1ccc2c(c1)OCCCO2)NC1CC1.I.